The predicted molar refractivity (Wildman–Crippen MR) is 127 cm³/mol. The van der Waals surface area contributed by atoms with E-state index in [2.05, 4.69) is 83.2 Å². The van der Waals surface area contributed by atoms with Crippen molar-refractivity contribution < 1.29 is 0 Å². The Labute approximate surface area is 193 Å². The predicted octanol–water partition coefficient (Wildman–Crippen LogP) is 2.50. The molecule has 0 saturated carbocycles. The first kappa shape index (κ1) is 21.1. The summed E-state index contributed by atoms with van der Waals surface area (Å²) < 4.78 is 4.27. The van der Waals surface area contributed by atoms with Gasteiger partial charge in [-0.05, 0) is 44.0 Å². The van der Waals surface area contributed by atoms with Crippen molar-refractivity contribution in [3.8, 4) is 0 Å². The number of piperazine rings is 1. The minimum absolute atomic E-state index is 0.612. The molecule has 1 aliphatic heterocycles. The third-order valence-corrected chi connectivity index (χ3v) is 6.11. The summed E-state index contributed by atoms with van der Waals surface area (Å²) in [6.45, 7) is 9.00. The van der Waals surface area contributed by atoms with Crippen LogP contribution >= 0.6 is 0 Å². The summed E-state index contributed by atoms with van der Waals surface area (Å²) in [4.78, 5) is 4.60. The topological polar surface area (TPSA) is 80.8 Å². The zero-order valence-electron chi connectivity index (χ0n) is 19.2. The second-order valence-electron chi connectivity index (χ2n) is 8.44. The molecule has 1 aliphatic rings. The maximum absolute atomic E-state index is 4.63. The molecule has 0 bridgehead atoms. The molecule has 0 aliphatic carbocycles. The van der Waals surface area contributed by atoms with Gasteiger partial charge in [0.1, 0.15) is 6.54 Å². The van der Waals surface area contributed by atoms with E-state index in [1.807, 2.05) is 23.7 Å². The van der Waals surface area contributed by atoms with Gasteiger partial charge in [-0.3, -0.25) is 9.25 Å². The quantitative estimate of drug-likeness (QED) is 0.434. The molecular formula is C24H29N9. The van der Waals surface area contributed by atoms with E-state index in [0.717, 1.165) is 68.1 Å². The highest BCUT2D eigenvalue weighted by Crippen LogP contribution is 2.20. The highest BCUT2D eigenvalue weighted by atomic mass is 15.4. The minimum atomic E-state index is 0.612. The molecule has 0 N–H and O–H groups in total. The molecule has 1 aromatic carbocycles. The average Bonchev–Trinajstić information content (AvgIpc) is 3.40. The Morgan fingerprint density at radius 2 is 1.64 bits per heavy atom. The van der Waals surface area contributed by atoms with Crippen LogP contribution in [0.4, 0.5) is 11.8 Å². The Morgan fingerprint density at radius 1 is 0.848 bits per heavy atom. The zero-order valence-corrected chi connectivity index (χ0v) is 19.2. The van der Waals surface area contributed by atoms with E-state index in [9.17, 15) is 0 Å². The third-order valence-electron chi connectivity index (χ3n) is 6.11. The highest BCUT2D eigenvalue weighted by Gasteiger charge is 2.24. The van der Waals surface area contributed by atoms with Crippen LogP contribution in [0.15, 0.2) is 54.7 Å². The van der Waals surface area contributed by atoms with E-state index < -0.39 is 0 Å². The Kier molecular flexibility index (Phi) is 6.01. The molecule has 33 heavy (non-hydrogen) atoms. The fourth-order valence-corrected chi connectivity index (χ4v) is 4.36. The van der Waals surface area contributed by atoms with Crippen molar-refractivity contribution in [2.24, 2.45) is 0 Å². The fourth-order valence-electron chi connectivity index (χ4n) is 4.36. The van der Waals surface area contributed by atoms with Gasteiger partial charge >= 0.3 is 0 Å². The first-order valence-electron chi connectivity index (χ1n) is 11.4. The molecule has 3 aromatic heterocycles. The van der Waals surface area contributed by atoms with Crippen molar-refractivity contribution in [3.05, 3.63) is 77.5 Å². The second-order valence-corrected chi connectivity index (χ2v) is 8.44. The molecular weight excluding hydrogens is 414 g/mol. The van der Waals surface area contributed by atoms with Crippen LogP contribution < -0.4 is 9.80 Å². The molecule has 1 saturated heterocycles. The number of aromatic nitrogens is 7. The lowest BCUT2D eigenvalue weighted by atomic mass is 10.1. The van der Waals surface area contributed by atoms with Gasteiger partial charge in [0.05, 0.1) is 5.69 Å². The summed E-state index contributed by atoms with van der Waals surface area (Å²) in [6, 6.07) is 16.6. The van der Waals surface area contributed by atoms with Crippen molar-refractivity contribution >= 4 is 11.8 Å². The van der Waals surface area contributed by atoms with Crippen LogP contribution in [-0.4, -0.2) is 60.9 Å². The average molecular weight is 444 g/mol. The van der Waals surface area contributed by atoms with Gasteiger partial charge in [0.25, 0.3) is 0 Å². The maximum Gasteiger partial charge on any atom is 0.227 e. The monoisotopic (exact) mass is 443 g/mol. The molecule has 1 fully saturated rings. The highest BCUT2D eigenvalue weighted by molar-refractivity contribution is 5.41. The molecule has 0 amide bonds. The van der Waals surface area contributed by atoms with E-state index >= 15 is 0 Å². The van der Waals surface area contributed by atoms with Crippen LogP contribution in [0.25, 0.3) is 0 Å². The smallest absolute Gasteiger partial charge is 0.227 e. The van der Waals surface area contributed by atoms with E-state index in [4.69, 9.17) is 0 Å². The van der Waals surface area contributed by atoms with Gasteiger partial charge in [0.2, 0.25) is 5.95 Å². The molecule has 5 rings (SSSR count). The lowest BCUT2D eigenvalue weighted by Crippen LogP contribution is -2.47. The fraction of sp³-hybridized carbons (Fsp3) is 0.375. The summed E-state index contributed by atoms with van der Waals surface area (Å²) in [5.41, 5.74) is 3.45. The molecule has 0 spiro atoms. The van der Waals surface area contributed by atoms with Crippen LogP contribution in [-0.2, 0) is 19.5 Å². The number of benzene rings is 1. The molecule has 0 unspecified atom stereocenters. The lowest BCUT2D eigenvalue weighted by molar-refractivity contribution is 0.563. The van der Waals surface area contributed by atoms with Crippen LogP contribution in [0.5, 0.6) is 0 Å². The normalized spacial score (nSPS) is 14.1. The minimum Gasteiger partial charge on any atom is -0.352 e. The molecule has 4 aromatic rings. The summed E-state index contributed by atoms with van der Waals surface area (Å²) in [5, 5.41) is 22.1. The number of aryl methyl sites for hydroxylation is 3. The number of hydrogen-bond donors (Lipinski definition) is 0. The van der Waals surface area contributed by atoms with Crippen molar-refractivity contribution in [2.75, 3.05) is 36.0 Å². The van der Waals surface area contributed by atoms with Crippen LogP contribution in [0.2, 0.25) is 0 Å². The van der Waals surface area contributed by atoms with Crippen molar-refractivity contribution in [2.45, 2.75) is 33.4 Å². The maximum atomic E-state index is 4.63. The molecule has 9 nitrogen and oxygen atoms in total. The Morgan fingerprint density at radius 3 is 2.33 bits per heavy atom. The largest absolute Gasteiger partial charge is 0.352 e. The molecule has 0 radical (unpaired) electrons. The Balaban J connectivity index is 1.37. The number of nitrogens with zero attached hydrogens (tertiary/aromatic N) is 9. The van der Waals surface area contributed by atoms with E-state index in [0.29, 0.717) is 6.54 Å². The Hall–Kier alpha value is -3.75. The van der Waals surface area contributed by atoms with Gasteiger partial charge in [0, 0.05) is 44.6 Å². The lowest BCUT2D eigenvalue weighted by Gasteiger charge is -2.35. The SMILES string of the molecule is Cc1cc(C)n(Cc2nnc(N3CCN(c4cccnn4)CC3)n2CCc2ccccc2)n1. The second kappa shape index (κ2) is 9.40. The van der Waals surface area contributed by atoms with Gasteiger partial charge in [-0.1, -0.05) is 30.3 Å². The summed E-state index contributed by atoms with van der Waals surface area (Å²) >= 11 is 0. The van der Waals surface area contributed by atoms with Crippen molar-refractivity contribution in [3.63, 3.8) is 0 Å². The van der Waals surface area contributed by atoms with E-state index in [-0.39, 0.29) is 0 Å². The van der Waals surface area contributed by atoms with Crippen LogP contribution in [0.3, 0.4) is 0 Å². The first-order valence-corrected chi connectivity index (χ1v) is 11.4. The van der Waals surface area contributed by atoms with Crippen LogP contribution in [0, 0.1) is 13.8 Å². The van der Waals surface area contributed by atoms with Gasteiger partial charge in [-0.25, -0.2) is 0 Å². The Bertz CT molecular complexity index is 1180. The van der Waals surface area contributed by atoms with Gasteiger partial charge in [-0.2, -0.15) is 10.2 Å². The van der Waals surface area contributed by atoms with Crippen molar-refractivity contribution in [1.82, 2.24) is 34.7 Å². The standard InChI is InChI=1S/C24H29N9/c1-19-17-20(2)33(29-19)18-23-27-28-24(32(23)12-10-21-7-4-3-5-8-21)31-15-13-30(14-16-31)22-9-6-11-25-26-22/h3-9,11,17H,10,12-16,18H2,1-2H3. The number of hydrogen-bond acceptors (Lipinski definition) is 7. The molecule has 9 heteroatoms. The zero-order chi connectivity index (χ0) is 22.6. The number of rotatable bonds is 7. The summed E-state index contributed by atoms with van der Waals surface area (Å²) in [5.74, 6) is 2.79. The molecule has 4 heterocycles. The molecule has 170 valence electrons. The van der Waals surface area contributed by atoms with Gasteiger partial charge in [-0.15, -0.1) is 15.3 Å². The van der Waals surface area contributed by atoms with Crippen molar-refractivity contribution in [1.29, 1.82) is 0 Å². The third kappa shape index (κ3) is 4.72. The van der Waals surface area contributed by atoms with Gasteiger partial charge in [0.15, 0.2) is 11.6 Å². The van der Waals surface area contributed by atoms with Gasteiger partial charge < -0.3 is 9.80 Å². The number of anilines is 2. The summed E-state index contributed by atoms with van der Waals surface area (Å²) in [6.07, 6.45) is 2.63. The van der Waals surface area contributed by atoms with E-state index in [1.54, 1.807) is 6.20 Å². The summed E-state index contributed by atoms with van der Waals surface area (Å²) in [7, 11) is 0. The van der Waals surface area contributed by atoms with Crippen LogP contribution in [0.1, 0.15) is 22.8 Å². The van der Waals surface area contributed by atoms with E-state index in [1.165, 1.54) is 5.56 Å². The first-order chi connectivity index (χ1) is 16.2. The molecule has 0 atom stereocenters.